The Morgan fingerprint density at radius 3 is 2.63 bits per heavy atom. The molecule has 0 aliphatic rings. The van der Waals surface area contributed by atoms with Gasteiger partial charge in [-0.1, -0.05) is 38.0 Å². The van der Waals surface area contributed by atoms with E-state index in [0.717, 1.165) is 31.4 Å². The van der Waals surface area contributed by atoms with Gasteiger partial charge in [0.05, 0.1) is 12.0 Å². The lowest BCUT2D eigenvalue weighted by Crippen LogP contribution is -2.26. The number of unbranched alkanes of at least 4 members (excludes halogenated alkanes) is 2. The van der Waals surface area contributed by atoms with Gasteiger partial charge < -0.3 is 5.32 Å². The van der Waals surface area contributed by atoms with Crippen LogP contribution >= 0.6 is 0 Å². The van der Waals surface area contributed by atoms with Gasteiger partial charge in [0.1, 0.15) is 0 Å². The third-order valence-corrected chi connectivity index (χ3v) is 2.72. The second kappa shape index (κ2) is 7.16. The molecule has 0 heterocycles. The molecule has 1 aromatic carbocycles. The van der Waals surface area contributed by atoms with Crippen LogP contribution in [0.1, 0.15) is 37.3 Å². The smallest absolute Gasteiger partial charge is 0.356 e. The Hall–Kier alpha value is -1.52. The van der Waals surface area contributed by atoms with Crippen molar-refractivity contribution in [3.63, 3.8) is 0 Å². The van der Waals surface area contributed by atoms with Gasteiger partial charge in [-0.25, -0.2) is 0 Å². The molecule has 19 heavy (non-hydrogen) atoms. The predicted octanol–water partition coefficient (Wildman–Crippen LogP) is 3.55. The monoisotopic (exact) mass is 273 g/mol. The Morgan fingerprint density at radius 2 is 2.00 bits per heavy atom. The van der Waals surface area contributed by atoms with E-state index >= 15 is 0 Å². The van der Waals surface area contributed by atoms with Gasteiger partial charge in [-0.2, -0.15) is 13.2 Å². The number of carbonyl (C=O) groups is 1. The molecule has 0 aliphatic carbocycles. The van der Waals surface area contributed by atoms with E-state index in [0.29, 0.717) is 12.1 Å². The summed E-state index contributed by atoms with van der Waals surface area (Å²) in [6, 6.07) is 4.87. The highest BCUT2D eigenvalue weighted by molar-refractivity contribution is 5.78. The summed E-state index contributed by atoms with van der Waals surface area (Å²) in [6.45, 7) is 2.64. The highest BCUT2D eigenvalue weighted by atomic mass is 19.4. The first-order chi connectivity index (χ1) is 8.93. The van der Waals surface area contributed by atoms with Crippen molar-refractivity contribution in [1.29, 1.82) is 0 Å². The molecule has 1 N–H and O–H groups in total. The van der Waals surface area contributed by atoms with E-state index in [9.17, 15) is 18.0 Å². The Kier molecular flexibility index (Phi) is 5.86. The van der Waals surface area contributed by atoms with Crippen LogP contribution in [0.25, 0.3) is 0 Å². The molecular weight excluding hydrogens is 255 g/mol. The zero-order chi connectivity index (χ0) is 14.3. The van der Waals surface area contributed by atoms with Crippen molar-refractivity contribution < 1.29 is 18.0 Å². The molecule has 0 bridgehead atoms. The maximum absolute atomic E-state index is 12.5. The van der Waals surface area contributed by atoms with Gasteiger partial charge in [0.2, 0.25) is 5.91 Å². The molecule has 0 spiro atoms. The number of benzene rings is 1. The van der Waals surface area contributed by atoms with Gasteiger partial charge in [-0.05, 0) is 18.1 Å². The van der Waals surface area contributed by atoms with Crippen molar-refractivity contribution >= 4 is 5.91 Å². The lowest BCUT2D eigenvalue weighted by molar-refractivity contribution is -0.137. The number of alkyl halides is 3. The Labute approximate surface area is 111 Å². The third kappa shape index (κ3) is 5.77. The summed E-state index contributed by atoms with van der Waals surface area (Å²) in [5.41, 5.74) is -0.341. The molecule has 106 valence electrons. The van der Waals surface area contributed by atoms with Crippen LogP contribution in [-0.2, 0) is 17.4 Å². The molecule has 2 nitrogen and oxygen atoms in total. The highest BCUT2D eigenvalue weighted by Crippen LogP contribution is 2.29. The standard InChI is InChI=1S/C14H18F3NO/c1-2-3-4-8-18-13(19)10-11-6-5-7-12(9-11)14(15,16)17/h5-7,9H,2-4,8,10H2,1H3,(H,18,19). The van der Waals surface area contributed by atoms with Gasteiger partial charge in [0.25, 0.3) is 0 Å². The number of halogens is 3. The fourth-order valence-electron chi connectivity index (χ4n) is 1.71. The zero-order valence-electron chi connectivity index (χ0n) is 10.9. The molecule has 0 fully saturated rings. The van der Waals surface area contributed by atoms with Crippen molar-refractivity contribution in [3.8, 4) is 0 Å². The molecule has 0 aromatic heterocycles. The van der Waals surface area contributed by atoms with Gasteiger partial charge in [-0.3, -0.25) is 4.79 Å². The summed E-state index contributed by atoms with van der Waals surface area (Å²) in [4.78, 5) is 11.5. The largest absolute Gasteiger partial charge is 0.416 e. The second-order valence-electron chi connectivity index (χ2n) is 4.43. The minimum absolute atomic E-state index is 0.0178. The molecule has 0 atom stereocenters. The molecule has 1 amide bonds. The van der Waals surface area contributed by atoms with Crippen LogP contribution in [0.5, 0.6) is 0 Å². The van der Waals surface area contributed by atoms with Gasteiger partial charge in [0.15, 0.2) is 0 Å². The summed E-state index contributed by atoms with van der Waals surface area (Å²) < 4.78 is 37.5. The molecule has 0 saturated carbocycles. The molecule has 0 saturated heterocycles. The lowest BCUT2D eigenvalue weighted by atomic mass is 10.1. The van der Waals surface area contributed by atoms with Crippen molar-refractivity contribution in [2.24, 2.45) is 0 Å². The molecule has 1 rings (SSSR count). The van der Waals surface area contributed by atoms with Crippen molar-refractivity contribution in [2.75, 3.05) is 6.54 Å². The van der Waals surface area contributed by atoms with E-state index < -0.39 is 11.7 Å². The van der Waals surface area contributed by atoms with Crippen LogP contribution in [0, 0.1) is 0 Å². The average Bonchev–Trinajstić information content (AvgIpc) is 2.34. The van der Waals surface area contributed by atoms with Crippen LogP contribution < -0.4 is 5.32 Å². The van der Waals surface area contributed by atoms with E-state index in [1.165, 1.54) is 12.1 Å². The number of hydrogen-bond acceptors (Lipinski definition) is 1. The van der Waals surface area contributed by atoms with Crippen LogP contribution in [-0.4, -0.2) is 12.5 Å². The maximum atomic E-state index is 12.5. The average molecular weight is 273 g/mol. The van der Waals surface area contributed by atoms with E-state index in [1.54, 1.807) is 0 Å². The molecule has 1 aromatic rings. The third-order valence-electron chi connectivity index (χ3n) is 2.72. The predicted molar refractivity (Wildman–Crippen MR) is 67.7 cm³/mol. The Balaban J connectivity index is 2.50. The maximum Gasteiger partial charge on any atom is 0.416 e. The second-order valence-corrected chi connectivity index (χ2v) is 4.43. The minimum atomic E-state index is -4.37. The topological polar surface area (TPSA) is 29.1 Å². The number of carbonyl (C=O) groups excluding carboxylic acids is 1. The molecule has 0 aliphatic heterocycles. The van der Waals surface area contributed by atoms with Crippen LogP contribution in [0.4, 0.5) is 13.2 Å². The van der Waals surface area contributed by atoms with Crippen LogP contribution in [0.15, 0.2) is 24.3 Å². The normalized spacial score (nSPS) is 11.4. The first-order valence-electron chi connectivity index (χ1n) is 6.36. The Morgan fingerprint density at radius 1 is 1.26 bits per heavy atom. The van der Waals surface area contributed by atoms with Gasteiger partial charge >= 0.3 is 6.18 Å². The number of nitrogens with one attached hydrogen (secondary N) is 1. The summed E-state index contributed by atoms with van der Waals surface area (Å²) in [7, 11) is 0. The van der Waals surface area contributed by atoms with Crippen LogP contribution in [0.3, 0.4) is 0 Å². The summed E-state index contributed by atoms with van der Waals surface area (Å²) in [6.07, 6.45) is -1.40. The first kappa shape index (κ1) is 15.5. The van der Waals surface area contributed by atoms with Gasteiger partial charge in [-0.15, -0.1) is 0 Å². The first-order valence-corrected chi connectivity index (χ1v) is 6.36. The quantitative estimate of drug-likeness (QED) is 0.789. The van der Waals surface area contributed by atoms with E-state index in [-0.39, 0.29) is 12.3 Å². The summed E-state index contributed by atoms with van der Waals surface area (Å²) >= 11 is 0. The number of amides is 1. The lowest BCUT2D eigenvalue weighted by Gasteiger charge is -2.09. The highest BCUT2D eigenvalue weighted by Gasteiger charge is 2.30. The van der Waals surface area contributed by atoms with Gasteiger partial charge in [0, 0.05) is 6.54 Å². The molecule has 0 radical (unpaired) electrons. The van der Waals surface area contributed by atoms with Crippen molar-refractivity contribution in [3.05, 3.63) is 35.4 Å². The Bertz CT molecular complexity index is 415. The van der Waals surface area contributed by atoms with Crippen molar-refractivity contribution in [1.82, 2.24) is 5.32 Å². The summed E-state index contributed by atoms with van der Waals surface area (Å²) in [5.74, 6) is -0.240. The van der Waals surface area contributed by atoms with Crippen molar-refractivity contribution in [2.45, 2.75) is 38.8 Å². The SMILES string of the molecule is CCCCCNC(=O)Cc1cccc(C(F)(F)F)c1. The zero-order valence-corrected chi connectivity index (χ0v) is 10.9. The fraction of sp³-hybridized carbons (Fsp3) is 0.500. The van der Waals surface area contributed by atoms with Crippen LogP contribution in [0.2, 0.25) is 0 Å². The molecule has 0 unspecified atom stereocenters. The van der Waals surface area contributed by atoms with E-state index in [1.807, 2.05) is 0 Å². The minimum Gasteiger partial charge on any atom is -0.356 e. The fourth-order valence-corrected chi connectivity index (χ4v) is 1.71. The number of hydrogen-bond donors (Lipinski definition) is 1. The van der Waals surface area contributed by atoms with E-state index in [2.05, 4.69) is 12.2 Å². The molecule has 5 heteroatoms. The van der Waals surface area contributed by atoms with E-state index in [4.69, 9.17) is 0 Å². The summed E-state index contributed by atoms with van der Waals surface area (Å²) in [5, 5.41) is 2.70. The molecular formula is C14H18F3NO. The number of rotatable bonds is 6.